The Labute approximate surface area is 224 Å². The molecule has 0 fully saturated rings. The Morgan fingerprint density at radius 2 is 1.78 bits per heavy atom. The molecule has 2 aromatic rings. The van der Waals surface area contributed by atoms with E-state index in [-0.39, 0.29) is 39.4 Å². The van der Waals surface area contributed by atoms with Crippen LogP contribution in [0.15, 0.2) is 35.4 Å². The number of hydrazone groups is 1. The van der Waals surface area contributed by atoms with Gasteiger partial charge in [0.15, 0.2) is 17.6 Å². The van der Waals surface area contributed by atoms with Crippen molar-refractivity contribution in [2.45, 2.75) is 39.3 Å². The van der Waals surface area contributed by atoms with Gasteiger partial charge in [-0.2, -0.15) is 5.10 Å². The highest BCUT2D eigenvalue weighted by Crippen LogP contribution is 2.34. The van der Waals surface area contributed by atoms with Crippen molar-refractivity contribution in [1.82, 2.24) is 10.7 Å². The Kier molecular flexibility index (Phi) is 10.9. The minimum Gasteiger partial charge on any atom is -0.493 e. The summed E-state index contributed by atoms with van der Waals surface area (Å²) >= 11 is 12.0. The van der Waals surface area contributed by atoms with Gasteiger partial charge in [0.1, 0.15) is 11.8 Å². The SMILES string of the molecule is COc1cc([N+](=O)[O-])cc(/C=N\NC(=O)[C@H](CC(C)C)NC(=O)[C@@H](C)Oc2ccc(Cl)cc2Cl)c1OC. The molecule has 0 aliphatic carbocycles. The van der Waals surface area contributed by atoms with Crippen molar-refractivity contribution in [1.29, 1.82) is 0 Å². The summed E-state index contributed by atoms with van der Waals surface area (Å²) in [6.07, 6.45) is 0.538. The van der Waals surface area contributed by atoms with Crippen LogP contribution in [0, 0.1) is 16.0 Å². The number of methoxy groups -OCH3 is 2. The molecule has 0 saturated carbocycles. The first-order chi connectivity index (χ1) is 17.5. The van der Waals surface area contributed by atoms with Crippen LogP contribution in [0.1, 0.15) is 32.8 Å². The topological polar surface area (TPSA) is 141 Å². The van der Waals surface area contributed by atoms with E-state index in [9.17, 15) is 19.7 Å². The molecule has 0 aromatic heterocycles. The van der Waals surface area contributed by atoms with Gasteiger partial charge in [-0.05, 0) is 37.5 Å². The van der Waals surface area contributed by atoms with Crippen LogP contribution in [0.25, 0.3) is 0 Å². The van der Waals surface area contributed by atoms with E-state index >= 15 is 0 Å². The van der Waals surface area contributed by atoms with Crippen LogP contribution < -0.4 is 25.0 Å². The average molecular weight is 555 g/mol. The molecule has 2 atom stereocenters. The molecule has 0 heterocycles. The van der Waals surface area contributed by atoms with E-state index in [0.29, 0.717) is 11.4 Å². The zero-order chi connectivity index (χ0) is 27.7. The maximum absolute atomic E-state index is 12.8. The van der Waals surface area contributed by atoms with Gasteiger partial charge in [0.05, 0.1) is 36.4 Å². The van der Waals surface area contributed by atoms with Crippen LogP contribution in [0.5, 0.6) is 17.2 Å². The highest BCUT2D eigenvalue weighted by molar-refractivity contribution is 6.35. The number of benzene rings is 2. The monoisotopic (exact) mass is 554 g/mol. The second-order valence-corrected chi connectivity index (χ2v) is 9.13. The van der Waals surface area contributed by atoms with Gasteiger partial charge in [0, 0.05) is 16.7 Å². The van der Waals surface area contributed by atoms with Crippen molar-refractivity contribution < 1.29 is 28.7 Å². The zero-order valence-electron chi connectivity index (χ0n) is 20.9. The fourth-order valence-corrected chi connectivity index (χ4v) is 3.68. The van der Waals surface area contributed by atoms with E-state index in [4.69, 9.17) is 37.4 Å². The molecule has 13 heteroatoms. The summed E-state index contributed by atoms with van der Waals surface area (Å²) in [5, 5.41) is 18.5. The molecule has 2 rings (SSSR count). The number of non-ortho nitro benzene ring substituents is 1. The average Bonchev–Trinajstić information content (AvgIpc) is 2.84. The lowest BCUT2D eigenvalue weighted by Gasteiger charge is -2.22. The number of hydrogen-bond donors (Lipinski definition) is 2. The van der Waals surface area contributed by atoms with E-state index in [2.05, 4.69) is 15.8 Å². The third-order valence-electron chi connectivity index (χ3n) is 4.99. The smallest absolute Gasteiger partial charge is 0.274 e. The molecule has 0 aliphatic rings. The lowest BCUT2D eigenvalue weighted by Crippen LogP contribution is -2.49. The van der Waals surface area contributed by atoms with Gasteiger partial charge in [-0.3, -0.25) is 19.7 Å². The predicted octanol–water partition coefficient (Wildman–Crippen LogP) is 4.37. The van der Waals surface area contributed by atoms with Crippen LogP contribution in [0.2, 0.25) is 10.0 Å². The number of ether oxygens (including phenoxy) is 3. The molecule has 0 saturated heterocycles. The molecular weight excluding hydrogens is 527 g/mol. The van der Waals surface area contributed by atoms with Crippen LogP contribution >= 0.6 is 23.2 Å². The fraction of sp³-hybridized carbons (Fsp3) is 0.375. The van der Waals surface area contributed by atoms with Gasteiger partial charge in [-0.1, -0.05) is 37.0 Å². The molecule has 2 aromatic carbocycles. The first-order valence-corrected chi connectivity index (χ1v) is 11.9. The summed E-state index contributed by atoms with van der Waals surface area (Å²) in [5.74, 6) is -0.478. The van der Waals surface area contributed by atoms with Crippen molar-refractivity contribution in [3.8, 4) is 17.2 Å². The van der Waals surface area contributed by atoms with E-state index in [1.54, 1.807) is 12.1 Å². The van der Waals surface area contributed by atoms with Crippen molar-refractivity contribution in [2.75, 3.05) is 14.2 Å². The first-order valence-electron chi connectivity index (χ1n) is 11.1. The van der Waals surface area contributed by atoms with Crippen molar-refractivity contribution in [2.24, 2.45) is 11.0 Å². The quantitative estimate of drug-likeness (QED) is 0.225. The maximum Gasteiger partial charge on any atom is 0.274 e. The van der Waals surface area contributed by atoms with E-state index in [1.807, 2.05) is 13.8 Å². The molecule has 2 amide bonds. The van der Waals surface area contributed by atoms with Gasteiger partial charge in [0.25, 0.3) is 17.5 Å². The predicted molar refractivity (Wildman–Crippen MR) is 140 cm³/mol. The van der Waals surface area contributed by atoms with Crippen LogP contribution in [0.4, 0.5) is 5.69 Å². The molecule has 0 spiro atoms. The van der Waals surface area contributed by atoms with Crippen molar-refractivity contribution in [3.05, 3.63) is 56.1 Å². The second kappa shape index (κ2) is 13.7. The number of carbonyl (C=O) groups excluding carboxylic acids is 2. The van der Waals surface area contributed by atoms with Crippen molar-refractivity contribution in [3.63, 3.8) is 0 Å². The van der Waals surface area contributed by atoms with Gasteiger partial charge in [-0.15, -0.1) is 0 Å². The molecule has 0 aliphatic heterocycles. The number of rotatable bonds is 12. The first kappa shape index (κ1) is 29.7. The maximum atomic E-state index is 12.8. The normalized spacial score (nSPS) is 12.6. The van der Waals surface area contributed by atoms with Crippen molar-refractivity contribution >= 4 is 46.9 Å². The van der Waals surface area contributed by atoms with E-state index in [0.717, 1.165) is 0 Å². The molecule has 200 valence electrons. The van der Waals surface area contributed by atoms with Crippen LogP contribution in [-0.4, -0.2) is 49.3 Å². The number of hydrogen-bond acceptors (Lipinski definition) is 8. The second-order valence-electron chi connectivity index (χ2n) is 8.29. The molecule has 0 unspecified atom stereocenters. The molecular formula is C24H28Cl2N4O7. The summed E-state index contributed by atoms with van der Waals surface area (Å²) in [6.45, 7) is 5.30. The Bertz CT molecular complexity index is 1170. The highest BCUT2D eigenvalue weighted by atomic mass is 35.5. The number of nitrogens with one attached hydrogen (secondary N) is 2. The van der Waals surface area contributed by atoms with Crippen LogP contribution in [-0.2, 0) is 9.59 Å². The summed E-state index contributed by atoms with van der Waals surface area (Å²) in [4.78, 5) is 36.2. The Morgan fingerprint density at radius 3 is 2.35 bits per heavy atom. The Morgan fingerprint density at radius 1 is 1.08 bits per heavy atom. The van der Waals surface area contributed by atoms with Gasteiger partial charge in [0.2, 0.25) is 0 Å². The summed E-state index contributed by atoms with van der Waals surface area (Å²) in [7, 11) is 2.71. The number of halogens is 2. The van der Waals surface area contributed by atoms with E-state index in [1.165, 1.54) is 45.6 Å². The largest absolute Gasteiger partial charge is 0.493 e. The third-order valence-corrected chi connectivity index (χ3v) is 5.52. The number of nitrogens with zero attached hydrogens (tertiary/aromatic N) is 2. The standard InChI is InChI=1S/C24H28Cl2N4O7/c1-13(2)8-19(28-23(31)14(3)37-20-7-6-16(25)10-18(20)26)24(32)29-27-12-15-9-17(30(33)34)11-21(35-4)22(15)36-5/h6-7,9-14,19H,8H2,1-5H3,(H,28,31)(H,29,32)/b27-12-/t14-,19+/m1/s1. The molecule has 0 radical (unpaired) electrons. The number of carbonyl (C=O) groups is 2. The number of nitro benzene ring substituents is 1. The lowest BCUT2D eigenvalue weighted by molar-refractivity contribution is -0.385. The van der Waals surface area contributed by atoms with Gasteiger partial charge < -0.3 is 19.5 Å². The molecule has 37 heavy (non-hydrogen) atoms. The summed E-state index contributed by atoms with van der Waals surface area (Å²) in [5.41, 5.74) is 2.32. The van der Waals surface area contributed by atoms with Gasteiger partial charge in [-0.25, -0.2) is 5.43 Å². The summed E-state index contributed by atoms with van der Waals surface area (Å²) < 4.78 is 16.0. The zero-order valence-corrected chi connectivity index (χ0v) is 22.4. The minimum absolute atomic E-state index is 0.0584. The number of amides is 2. The third kappa shape index (κ3) is 8.50. The summed E-state index contributed by atoms with van der Waals surface area (Å²) in [6, 6.07) is 6.11. The highest BCUT2D eigenvalue weighted by Gasteiger charge is 2.26. The molecule has 2 N–H and O–H groups in total. The lowest BCUT2D eigenvalue weighted by atomic mass is 10.0. The molecule has 11 nitrogen and oxygen atoms in total. The van der Waals surface area contributed by atoms with E-state index < -0.39 is 28.9 Å². The van der Waals surface area contributed by atoms with Gasteiger partial charge >= 0.3 is 0 Å². The Balaban J connectivity index is 2.15. The van der Waals surface area contributed by atoms with Crippen LogP contribution in [0.3, 0.4) is 0 Å². The number of nitro groups is 1. The Hall–Kier alpha value is -3.57. The molecule has 0 bridgehead atoms. The fourth-order valence-electron chi connectivity index (χ4n) is 3.23. The minimum atomic E-state index is -0.966.